The van der Waals surface area contributed by atoms with Gasteiger partial charge in [0.25, 0.3) is 0 Å². The van der Waals surface area contributed by atoms with Crippen molar-refractivity contribution in [2.75, 3.05) is 19.7 Å². The van der Waals surface area contributed by atoms with Crippen molar-refractivity contribution in [2.45, 2.75) is 38.6 Å². The second kappa shape index (κ2) is 8.07. The van der Waals surface area contributed by atoms with Crippen LogP contribution in [0, 0.1) is 0 Å². The molecule has 2 aromatic heterocycles. The molecule has 130 valence electrons. The summed E-state index contributed by atoms with van der Waals surface area (Å²) in [6.45, 7) is 4.55. The minimum Gasteiger partial charge on any atom is -0.481 e. The van der Waals surface area contributed by atoms with Gasteiger partial charge in [-0.2, -0.15) is 10.2 Å². The predicted octanol–water partition coefficient (Wildman–Crippen LogP) is 0.845. The Morgan fingerprint density at radius 1 is 1.38 bits per heavy atom. The van der Waals surface area contributed by atoms with Crippen molar-refractivity contribution in [2.24, 2.45) is 0 Å². The lowest BCUT2D eigenvalue weighted by atomic mass is 10.2. The number of rotatable bonds is 7. The van der Waals surface area contributed by atoms with Crippen LogP contribution in [0.1, 0.15) is 18.4 Å². The molecule has 0 amide bonds. The van der Waals surface area contributed by atoms with Crippen LogP contribution in [0.15, 0.2) is 30.9 Å². The highest BCUT2D eigenvalue weighted by Crippen LogP contribution is 2.12. The van der Waals surface area contributed by atoms with E-state index in [-0.39, 0.29) is 12.5 Å². The number of carboxylic acids is 1. The van der Waals surface area contributed by atoms with Gasteiger partial charge in [-0.1, -0.05) is 0 Å². The van der Waals surface area contributed by atoms with Gasteiger partial charge in [-0.15, -0.1) is 0 Å². The molecule has 1 fully saturated rings. The largest absolute Gasteiger partial charge is 0.481 e. The van der Waals surface area contributed by atoms with Crippen LogP contribution in [0.3, 0.4) is 0 Å². The van der Waals surface area contributed by atoms with E-state index in [1.54, 1.807) is 10.9 Å². The normalized spacial score (nSPS) is 19.2. The summed E-state index contributed by atoms with van der Waals surface area (Å²) >= 11 is 0. The number of hydrogen-bond acceptors (Lipinski definition) is 5. The van der Waals surface area contributed by atoms with Crippen LogP contribution in [-0.4, -0.2) is 61.3 Å². The van der Waals surface area contributed by atoms with Gasteiger partial charge in [-0.3, -0.25) is 19.1 Å². The number of aryl methyl sites for hydroxylation is 1. The van der Waals surface area contributed by atoms with Gasteiger partial charge in [-0.25, -0.2) is 0 Å². The molecule has 1 aliphatic heterocycles. The lowest BCUT2D eigenvalue weighted by molar-refractivity contribution is -0.137. The fraction of sp³-hybridized carbons (Fsp3) is 0.562. The Labute approximate surface area is 140 Å². The molecule has 8 nitrogen and oxygen atoms in total. The van der Waals surface area contributed by atoms with E-state index in [0.29, 0.717) is 6.54 Å². The van der Waals surface area contributed by atoms with Crippen molar-refractivity contribution >= 4 is 5.97 Å². The zero-order chi connectivity index (χ0) is 16.8. The van der Waals surface area contributed by atoms with Crippen molar-refractivity contribution in [3.8, 4) is 0 Å². The van der Waals surface area contributed by atoms with Crippen LogP contribution in [0.5, 0.6) is 0 Å². The number of ether oxygens (including phenoxy) is 1. The van der Waals surface area contributed by atoms with E-state index in [1.165, 1.54) is 0 Å². The monoisotopic (exact) mass is 333 g/mol. The van der Waals surface area contributed by atoms with Gasteiger partial charge in [-0.05, 0) is 12.5 Å². The van der Waals surface area contributed by atoms with E-state index in [1.807, 2.05) is 29.3 Å². The minimum absolute atomic E-state index is 0.0879. The van der Waals surface area contributed by atoms with Gasteiger partial charge in [0.2, 0.25) is 0 Å². The molecule has 1 atom stereocenters. The molecule has 0 saturated carbocycles. The molecular weight excluding hydrogens is 310 g/mol. The fourth-order valence-electron chi connectivity index (χ4n) is 2.92. The Balaban J connectivity index is 1.54. The third-order valence-electron chi connectivity index (χ3n) is 4.03. The van der Waals surface area contributed by atoms with Gasteiger partial charge < -0.3 is 9.84 Å². The second-order valence-electron chi connectivity index (χ2n) is 6.06. The summed E-state index contributed by atoms with van der Waals surface area (Å²) in [4.78, 5) is 13.0. The van der Waals surface area contributed by atoms with Crippen LogP contribution in [-0.2, 0) is 29.2 Å². The molecule has 0 bridgehead atoms. The summed E-state index contributed by atoms with van der Waals surface area (Å²) in [6, 6.07) is 1.92. The summed E-state index contributed by atoms with van der Waals surface area (Å²) in [5.41, 5.74) is 1.10. The maximum absolute atomic E-state index is 10.6. The molecule has 0 aliphatic carbocycles. The first-order valence-electron chi connectivity index (χ1n) is 8.23. The first-order valence-corrected chi connectivity index (χ1v) is 8.23. The topological polar surface area (TPSA) is 85.4 Å². The van der Waals surface area contributed by atoms with Crippen molar-refractivity contribution in [1.82, 2.24) is 24.5 Å². The van der Waals surface area contributed by atoms with E-state index in [2.05, 4.69) is 15.1 Å². The number of aliphatic carboxylic acids is 1. The molecule has 1 saturated heterocycles. The molecule has 3 heterocycles. The first-order chi connectivity index (χ1) is 11.7. The molecule has 0 unspecified atom stereocenters. The first kappa shape index (κ1) is 16.7. The molecule has 3 rings (SSSR count). The lowest BCUT2D eigenvalue weighted by Crippen LogP contribution is -2.34. The molecule has 2 aromatic rings. The predicted molar refractivity (Wildman–Crippen MR) is 86.3 cm³/mol. The van der Waals surface area contributed by atoms with Crippen LogP contribution in [0.4, 0.5) is 0 Å². The number of carbonyl (C=O) groups is 1. The Morgan fingerprint density at radius 3 is 3.08 bits per heavy atom. The van der Waals surface area contributed by atoms with Crippen molar-refractivity contribution in [1.29, 1.82) is 0 Å². The third kappa shape index (κ3) is 4.90. The molecule has 0 spiro atoms. The molecule has 1 aliphatic rings. The summed E-state index contributed by atoms with van der Waals surface area (Å²) in [5, 5.41) is 17.2. The van der Waals surface area contributed by atoms with Gasteiger partial charge in [0.1, 0.15) is 0 Å². The maximum atomic E-state index is 10.6. The van der Waals surface area contributed by atoms with Gasteiger partial charge >= 0.3 is 5.97 Å². The Hall–Kier alpha value is -2.19. The molecule has 1 N–H and O–H groups in total. The third-order valence-corrected chi connectivity index (χ3v) is 4.03. The zero-order valence-electron chi connectivity index (χ0n) is 13.6. The van der Waals surface area contributed by atoms with E-state index < -0.39 is 5.97 Å². The number of nitrogens with zero attached hydrogens (tertiary/aromatic N) is 5. The van der Waals surface area contributed by atoms with Crippen molar-refractivity contribution < 1.29 is 14.6 Å². The number of hydrogen-bond donors (Lipinski definition) is 1. The Morgan fingerprint density at radius 2 is 2.29 bits per heavy atom. The van der Waals surface area contributed by atoms with Crippen LogP contribution in [0.25, 0.3) is 0 Å². The van der Waals surface area contributed by atoms with E-state index in [4.69, 9.17) is 9.84 Å². The van der Waals surface area contributed by atoms with Crippen molar-refractivity contribution in [3.05, 3.63) is 36.4 Å². The van der Waals surface area contributed by atoms with Gasteiger partial charge in [0.05, 0.1) is 31.8 Å². The minimum atomic E-state index is -0.807. The average Bonchev–Trinajstić information content (AvgIpc) is 3.16. The maximum Gasteiger partial charge on any atom is 0.305 e. The van der Waals surface area contributed by atoms with Crippen LogP contribution >= 0.6 is 0 Å². The highest BCUT2D eigenvalue weighted by molar-refractivity contribution is 5.66. The molecule has 8 heteroatoms. The summed E-state index contributed by atoms with van der Waals surface area (Å²) in [6.07, 6.45) is 8.68. The molecule has 24 heavy (non-hydrogen) atoms. The van der Waals surface area contributed by atoms with E-state index in [9.17, 15) is 4.79 Å². The quantitative estimate of drug-likeness (QED) is 0.808. The van der Waals surface area contributed by atoms with Crippen LogP contribution < -0.4 is 0 Å². The average molecular weight is 333 g/mol. The SMILES string of the molecule is O=C(O)CCn1cc(CN2CCCO[C@@H](Cn3cccn3)C2)cn1. The molecule has 0 radical (unpaired) electrons. The van der Waals surface area contributed by atoms with Gasteiger partial charge in [0, 0.05) is 50.4 Å². The lowest BCUT2D eigenvalue weighted by Gasteiger charge is -2.23. The van der Waals surface area contributed by atoms with Crippen molar-refractivity contribution in [3.63, 3.8) is 0 Å². The molecular formula is C16H23N5O3. The summed E-state index contributed by atoms with van der Waals surface area (Å²) in [7, 11) is 0. The van der Waals surface area contributed by atoms with Crippen LogP contribution in [0.2, 0.25) is 0 Å². The molecule has 0 aromatic carbocycles. The number of carboxylic acid groups (broad SMARTS) is 1. The highest BCUT2D eigenvalue weighted by Gasteiger charge is 2.20. The standard InChI is InChI=1S/C16H23N5O3/c22-16(23)3-7-21-11-14(9-18-21)10-19-5-2-8-24-15(12-19)13-20-6-1-4-17-20/h1,4,6,9,11,15H,2-3,5,7-8,10,12-13H2,(H,22,23)/t15-/m1/s1. The highest BCUT2D eigenvalue weighted by atomic mass is 16.5. The Kier molecular flexibility index (Phi) is 5.60. The Bertz CT molecular complexity index is 640. The smallest absolute Gasteiger partial charge is 0.305 e. The van der Waals surface area contributed by atoms with E-state index in [0.717, 1.165) is 44.8 Å². The second-order valence-corrected chi connectivity index (χ2v) is 6.06. The summed E-state index contributed by atoms with van der Waals surface area (Å²) in [5.74, 6) is -0.807. The van der Waals surface area contributed by atoms with E-state index >= 15 is 0 Å². The summed E-state index contributed by atoms with van der Waals surface area (Å²) < 4.78 is 9.52. The fourth-order valence-corrected chi connectivity index (χ4v) is 2.92. The zero-order valence-corrected chi connectivity index (χ0v) is 13.6. The number of aromatic nitrogens is 4. The van der Waals surface area contributed by atoms with Gasteiger partial charge in [0.15, 0.2) is 0 Å².